The molecule has 3 aromatic rings. The van der Waals surface area contributed by atoms with Crippen molar-refractivity contribution in [2.75, 3.05) is 26.2 Å². The van der Waals surface area contributed by atoms with E-state index in [1.165, 1.54) is 5.56 Å². The number of nitrogens with zero attached hydrogens (tertiary/aromatic N) is 5. The number of aromatic nitrogens is 3. The zero-order valence-electron chi connectivity index (χ0n) is 17.0. The number of rotatable bonds is 5. The molecule has 8 heteroatoms. The summed E-state index contributed by atoms with van der Waals surface area (Å²) in [5.41, 5.74) is 3.82. The summed E-state index contributed by atoms with van der Waals surface area (Å²) in [5, 5.41) is 8.01. The highest BCUT2D eigenvalue weighted by Crippen LogP contribution is 2.18. The van der Waals surface area contributed by atoms with Crippen LogP contribution in [-0.2, 0) is 17.8 Å². The second kappa shape index (κ2) is 8.16. The van der Waals surface area contributed by atoms with Gasteiger partial charge in [0.2, 0.25) is 17.6 Å². The predicted molar refractivity (Wildman–Crippen MR) is 106 cm³/mol. The van der Waals surface area contributed by atoms with Crippen LogP contribution in [-0.4, -0.2) is 57.2 Å². The Labute approximate surface area is 169 Å². The van der Waals surface area contributed by atoms with Gasteiger partial charge in [-0.15, -0.1) is 0 Å². The van der Waals surface area contributed by atoms with Crippen LogP contribution in [0.15, 0.2) is 33.3 Å². The predicted octanol–water partition coefficient (Wildman–Crippen LogP) is 2.54. The number of amides is 1. The Balaban J connectivity index is 1.30. The highest BCUT2D eigenvalue weighted by Gasteiger charge is 2.24. The first-order chi connectivity index (χ1) is 14.0. The van der Waals surface area contributed by atoms with Gasteiger partial charge in [0.15, 0.2) is 0 Å². The molecular weight excluding hydrogens is 370 g/mol. The van der Waals surface area contributed by atoms with Gasteiger partial charge >= 0.3 is 0 Å². The second-order valence-corrected chi connectivity index (χ2v) is 7.51. The average molecular weight is 395 g/mol. The Morgan fingerprint density at radius 2 is 1.72 bits per heavy atom. The summed E-state index contributed by atoms with van der Waals surface area (Å²) < 4.78 is 10.6. The molecule has 0 aliphatic carbocycles. The zero-order valence-corrected chi connectivity index (χ0v) is 17.0. The molecule has 29 heavy (non-hydrogen) atoms. The fourth-order valence-corrected chi connectivity index (χ4v) is 3.50. The summed E-state index contributed by atoms with van der Waals surface area (Å²) >= 11 is 0. The lowest BCUT2D eigenvalue weighted by Crippen LogP contribution is -2.48. The molecule has 2 aromatic heterocycles. The Morgan fingerprint density at radius 3 is 2.38 bits per heavy atom. The third kappa shape index (κ3) is 4.37. The van der Waals surface area contributed by atoms with Crippen molar-refractivity contribution in [2.45, 2.75) is 33.7 Å². The molecule has 0 bridgehead atoms. The van der Waals surface area contributed by atoms with Crippen LogP contribution in [0, 0.1) is 20.8 Å². The third-order valence-corrected chi connectivity index (χ3v) is 5.37. The summed E-state index contributed by atoms with van der Waals surface area (Å²) in [6.07, 6.45) is 0.338. The minimum atomic E-state index is 0.110. The fourth-order valence-electron chi connectivity index (χ4n) is 3.50. The van der Waals surface area contributed by atoms with Crippen LogP contribution >= 0.6 is 0 Å². The highest BCUT2D eigenvalue weighted by molar-refractivity contribution is 5.79. The minimum absolute atomic E-state index is 0.110. The van der Waals surface area contributed by atoms with E-state index in [0.717, 1.165) is 35.7 Å². The normalized spacial score (nSPS) is 15.1. The molecule has 0 atom stereocenters. The maximum atomic E-state index is 12.6. The quantitative estimate of drug-likeness (QED) is 0.656. The van der Waals surface area contributed by atoms with Gasteiger partial charge in [-0.05, 0) is 20.8 Å². The van der Waals surface area contributed by atoms with Crippen molar-refractivity contribution in [2.24, 2.45) is 0 Å². The van der Waals surface area contributed by atoms with Crippen molar-refractivity contribution in [1.29, 1.82) is 0 Å². The summed E-state index contributed by atoms with van der Waals surface area (Å²) in [6.45, 7) is 9.25. The van der Waals surface area contributed by atoms with Crippen LogP contribution in [0.1, 0.15) is 28.5 Å². The van der Waals surface area contributed by atoms with Crippen LogP contribution in [0.5, 0.6) is 0 Å². The van der Waals surface area contributed by atoms with Gasteiger partial charge < -0.3 is 13.9 Å². The van der Waals surface area contributed by atoms with Crippen molar-refractivity contribution in [3.05, 3.63) is 52.7 Å². The Hall–Kier alpha value is -3.00. The standard InChI is InChI=1S/C21H25N5O3/c1-14-4-6-17(7-5-14)21-22-19(29-24-21)13-25-8-10-26(11-9-25)20(27)12-18-15(2)23-28-16(18)3/h4-7H,8-13H2,1-3H3. The zero-order chi connectivity index (χ0) is 20.4. The lowest BCUT2D eigenvalue weighted by Gasteiger charge is -2.34. The van der Waals surface area contributed by atoms with E-state index in [1.807, 2.05) is 49.9 Å². The topological polar surface area (TPSA) is 88.5 Å². The first-order valence-electron chi connectivity index (χ1n) is 9.81. The van der Waals surface area contributed by atoms with Gasteiger partial charge in [0, 0.05) is 37.3 Å². The first-order valence-corrected chi connectivity index (χ1v) is 9.81. The molecule has 0 saturated carbocycles. The third-order valence-electron chi connectivity index (χ3n) is 5.37. The molecule has 0 radical (unpaired) electrons. The molecular formula is C21H25N5O3. The largest absolute Gasteiger partial charge is 0.361 e. The average Bonchev–Trinajstić information content (AvgIpc) is 3.31. The molecule has 3 heterocycles. The van der Waals surface area contributed by atoms with Crippen LogP contribution in [0.2, 0.25) is 0 Å². The van der Waals surface area contributed by atoms with Crippen molar-refractivity contribution >= 4 is 5.91 Å². The summed E-state index contributed by atoms with van der Waals surface area (Å²) in [4.78, 5) is 21.3. The van der Waals surface area contributed by atoms with Crippen LogP contribution < -0.4 is 0 Å². The van der Waals surface area contributed by atoms with Gasteiger partial charge in [-0.2, -0.15) is 4.98 Å². The lowest BCUT2D eigenvalue weighted by atomic mass is 10.1. The van der Waals surface area contributed by atoms with Gasteiger partial charge in [-0.3, -0.25) is 9.69 Å². The maximum absolute atomic E-state index is 12.6. The van der Waals surface area contributed by atoms with E-state index in [-0.39, 0.29) is 5.91 Å². The van der Waals surface area contributed by atoms with Gasteiger partial charge in [0.1, 0.15) is 5.76 Å². The number of carbonyl (C=O) groups is 1. The molecule has 1 saturated heterocycles. The molecule has 152 valence electrons. The Kier molecular flexibility index (Phi) is 5.44. The molecule has 0 spiro atoms. The van der Waals surface area contributed by atoms with E-state index >= 15 is 0 Å². The Bertz CT molecular complexity index is 965. The smallest absolute Gasteiger partial charge is 0.241 e. The fraction of sp³-hybridized carbons (Fsp3) is 0.429. The highest BCUT2D eigenvalue weighted by atomic mass is 16.5. The summed E-state index contributed by atoms with van der Waals surface area (Å²) in [7, 11) is 0. The van der Waals surface area contributed by atoms with Crippen molar-refractivity contribution < 1.29 is 13.8 Å². The second-order valence-electron chi connectivity index (χ2n) is 7.51. The van der Waals surface area contributed by atoms with Gasteiger partial charge in [-0.1, -0.05) is 40.1 Å². The molecule has 1 fully saturated rings. The van der Waals surface area contributed by atoms with Crippen LogP contribution in [0.3, 0.4) is 0 Å². The van der Waals surface area contributed by atoms with Crippen molar-refractivity contribution in [3.63, 3.8) is 0 Å². The molecule has 4 rings (SSSR count). The summed E-state index contributed by atoms with van der Waals surface area (Å²) in [5.74, 6) is 2.03. The number of aryl methyl sites for hydroxylation is 3. The van der Waals surface area contributed by atoms with E-state index in [4.69, 9.17) is 9.05 Å². The lowest BCUT2D eigenvalue weighted by molar-refractivity contribution is -0.132. The van der Waals surface area contributed by atoms with Crippen LogP contribution in [0.25, 0.3) is 11.4 Å². The van der Waals surface area contributed by atoms with Crippen LogP contribution in [0.4, 0.5) is 0 Å². The number of piperazine rings is 1. The summed E-state index contributed by atoms with van der Waals surface area (Å²) in [6, 6.07) is 8.05. The first kappa shape index (κ1) is 19.3. The number of benzene rings is 1. The van der Waals surface area contributed by atoms with E-state index < -0.39 is 0 Å². The minimum Gasteiger partial charge on any atom is -0.361 e. The van der Waals surface area contributed by atoms with E-state index in [0.29, 0.717) is 37.8 Å². The maximum Gasteiger partial charge on any atom is 0.241 e. The number of hydrogen-bond acceptors (Lipinski definition) is 7. The van der Waals surface area contributed by atoms with Gasteiger partial charge in [0.25, 0.3) is 0 Å². The molecule has 1 aliphatic heterocycles. The SMILES string of the molecule is Cc1ccc(-c2noc(CN3CCN(C(=O)Cc4c(C)noc4C)CC3)n2)cc1. The van der Waals surface area contributed by atoms with E-state index in [2.05, 4.69) is 20.2 Å². The van der Waals surface area contributed by atoms with Crippen molar-refractivity contribution in [1.82, 2.24) is 25.1 Å². The monoisotopic (exact) mass is 395 g/mol. The van der Waals surface area contributed by atoms with E-state index in [9.17, 15) is 4.79 Å². The molecule has 1 amide bonds. The number of carbonyl (C=O) groups excluding carboxylic acids is 1. The molecule has 1 aromatic carbocycles. The molecule has 1 aliphatic rings. The van der Waals surface area contributed by atoms with Crippen molar-refractivity contribution in [3.8, 4) is 11.4 Å². The Morgan fingerprint density at radius 1 is 1.00 bits per heavy atom. The molecule has 8 nitrogen and oxygen atoms in total. The van der Waals surface area contributed by atoms with Gasteiger partial charge in [-0.25, -0.2) is 0 Å². The number of hydrogen-bond donors (Lipinski definition) is 0. The van der Waals surface area contributed by atoms with E-state index in [1.54, 1.807) is 0 Å². The molecule has 0 N–H and O–H groups in total. The van der Waals surface area contributed by atoms with Gasteiger partial charge in [0.05, 0.1) is 18.7 Å². The molecule has 0 unspecified atom stereocenters.